The first-order valence-electron chi connectivity index (χ1n) is 7.77. The van der Waals surface area contributed by atoms with Crippen LogP contribution in [0.15, 0.2) is 0 Å². The molecular weight excluding hydrogens is 208 g/mol. The summed E-state index contributed by atoms with van der Waals surface area (Å²) >= 11 is 0. The lowest BCUT2D eigenvalue weighted by Crippen LogP contribution is -2.41. The number of unbranched alkanes of at least 4 members (excludes halogenated alkanes) is 3. The fourth-order valence-electron chi connectivity index (χ4n) is 2.97. The minimum atomic E-state index is 0.481. The van der Waals surface area contributed by atoms with Crippen LogP contribution in [-0.2, 0) is 0 Å². The predicted molar refractivity (Wildman–Crippen MR) is 76.2 cm³/mol. The van der Waals surface area contributed by atoms with E-state index in [4.69, 9.17) is 5.73 Å². The number of hydrogen-bond acceptors (Lipinski definition) is 2. The maximum atomic E-state index is 5.99. The molecule has 0 aromatic carbocycles. The van der Waals surface area contributed by atoms with Crippen LogP contribution in [0.5, 0.6) is 0 Å². The lowest BCUT2D eigenvalue weighted by molar-refractivity contribution is 0.147. The average Bonchev–Trinajstić information content (AvgIpc) is 2.34. The predicted octanol–water partition coefficient (Wildman–Crippen LogP) is 3.55. The number of hydrogen-bond donors (Lipinski definition) is 1. The lowest BCUT2D eigenvalue weighted by atomic mass is 9.90. The highest BCUT2D eigenvalue weighted by Crippen LogP contribution is 2.22. The first-order valence-corrected chi connectivity index (χ1v) is 7.77. The van der Waals surface area contributed by atoms with Gasteiger partial charge in [0.15, 0.2) is 0 Å². The van der Waals surface area contributed by atoms with Crippen molar-refractivity contribution in [3.63, 3.8) is 0 Å². The van der Waals surface area contributed by atoms with Crippen LogP contribution in [0.4, 0.5) is 0 Å². The Morgan fingerprint density at radius 3 is 2.18 bits per heavy atom. The smallest absolute Gasteiger partial charge is 0.00964 e. The van der Waals surface area contributed by atoms with Gasteiger partial charge in [0.1, 0.15) is 0 Å². The summed E-state index contributed by atoms with van der Waals surface area (Å²) in [6.45, 7) is 7.18. The molecule has 0 amide bonds. The van der Waals surface area contributed by atoms with Crippen molar-refractivity contribution in [1.82, 2.24) is 4.90 Å². The van der Waals surface area contributed by atoms with Gasteiger partial charge in [0, 0.05) is 12.1 Å². The van der Waals surface area contributed by atoms with E-state index >= 15 is 0 Å². The highest BCUT2D eigenvalue weighted by Gasteiger charge is 2.23. The first kappa shape index (κ1) is 15.0. The van der Waals surface area contributed by atoms with Crippen LogP contribution in [0.2, 0.25) is 0 Å². The second-order valence-corrected chi connectivity index (χ2v) is 5.67. The summed E-state index contributed by atoms with van der Waals surface area (Å²) in [7, 11) is 0. The molecule has 2 nitrogen and oxygen atoms in total. The standard InChI is InChI=1S/C15H32N2/c1-3-5-6-7-13-17(12-4-2)15-10-8-14(16)9-11-15/h14-15H,3-13,16H2,1-2H3. The summed E-state index contributed by atoms with van der Waals surface area (Å²) in [6.07, 6.45) is 11.9. The van der Waals surface area contributed by atoms with E-state index in [-0.39, 0.29) is 0 Å². The topological polar surface area (TPSA) is 29.3 Å². The molecule has 0 bridgehead atoms. The number of rotatable bonds is 8. The van der Waals surface area contributed by atoms with Gasteiger partial charge in [-0.2, -0.15) is 0 Å². The van der Waals surface area contributed by atoms with Gasteiger partial charge in [-0.3, -0.25) is 0 Å². The number of nitrogens with two attached hydrogens (primary N) is 1. The molecule has 1 aliphatic carbocycles. The van der Waals surface area contributed by atoms with Gasteiger partial charge in [-0.05, 0) is 51.6 Å². The van der Waals surface area contributed by atoms with Crippen molar-refractivity contribution in [3.8, 4) is 0 Å². The van der Waals surface area contributed by atoms with Crippen LogP contribution in [0.3, 0.4) is 0 Å². The van der Waals surface area contributed by atoms with E-state index in [1.165, 1.54) is 70.9 Å². The van der Waals surface area contributed by atoms with Crippen molar-refractivity contribution in [2.45, 2.75) is 83.7 Å². The summed E-state index contributed by atoms with van der Waals surface area (Å²) in [5.74, 6) is 0. The Labute approximate surface area is 108 Å². The van der Waals surface area contributed by atoms with Crippen molar-refractivity contribution >= 4 is 0 Å². The van der Waals surface area contributed by atoms with E-state index in [2.05, 4.69) is 18.7 Å². The summed E-state index contributed by atoms with van der Waals surface area (Å²) in [4.78, 5) is 2.74. The zero-order chi connectivity index (χ0) is 12.5. The molecule has 17 heavy (non-hydrogen) atoms. The van der Waals surface area contributed by atoms with E-state index < -0.39 is 0 Å². The van der Waals surface area contributed by atoms with Crippen molar-refractivity contribution in [2.24, 2.45) is 5.73 Å². The molecule has 0 atom stereocenters. The highest BCUT2D eigenvalue weighted by molar-refractivity contribution is 4.81. The maximum absolute atomic E-state index is 5.99. The third-order valence-corrected chi connectivity index (χ3v) is 4.07. The van der Waals surface area contributed by atoms with Crippen LogP contribution in [0.1, 0.15) is 71.6 Å². The molecule has 1 saturated carbocycles. The molecule has 0 spiro atoms. The molecule has 102 valence electrons. The molecule has 1 fully saturated rings. The Balaban J connectivity index is 2.26. The van der Waals surface area contributed by atoms with Gasteiger partial charge in [0.05, 0.1) is 0 Å². The molecule has 0 aliphatic heterocycles. The first-order chi connectivity index (χ1) is 8.27. The van der Waals surface area contributed by atoms with E-state index in [1.807, 2.05) is 0 Å². The fourth-order valence-corrected chi connectivity index (χ4v) is 2.97. The molecule has 0 heterocycles. The molecule has 2 N–H and O–H groups in total. The Hall–Kier alpha value is -0.0800. The van der Waals surface area contributed by atoms with Crippen LogP contribution < -0.4 is 5.73 Å². The molecular formula is C15H32N2. The molecule has 1 rings (SSSR count). The Bertz CT molecular complexity index is 174. The summed E-state index contributed by atoms with van der Waals surface area (Å²) in [6, 6.07) is 1.31. The zero-order valence-corrected chi connectivity index (χ0v) is 12.0. The summed E-state index contributed by atoms with van der Waals surface area (Å²) in [5, 5.41) is 0. The van der Waals surface area contributed by atoms with Gasteiger partial charge in [0.2, 0.25) is 0 Å². The van der Waals surface area contributed by atoms with E-state index in [0.717, 1.165) is 6.04 Å². The second kappa shape index (κ2) is 8.93. The van der Waals surface area contributed by atoms with Crippen LogP contribution in [0, 0.1) is 0 Å². The van der Waals surface area contributed by atoms with E-state index in [9.17, 15) is 0 Å². The highest BCUT2D eigenvalue weighted by atomic mass is 15.1. The van der Waals surface area contributed by atoms with Gasteiger partial charge in [-0.15, -0.1) is 0 Å². The Morgan fingerprint density at radius 1 is 0.882 bits per heavy atom. The molecule has 0 saturated heterocycles. The third-order valence-electron chi connectivity index (χ3n) is 4.07. The molecule has 0 aromatic rings. The normalized spacial score (nSPS) is 25.4. The van der Waals surface area contributed by atoms with Crippen molar-refractivity contribution in [2.75, 3.05) is 13.1 Å². The largest absolute Gasteiger partial charge is 0.328 e. The molecule has 0 unspecified atom stereocenters. The molecule has 1 aliphatic rings. The Kier molecular flexibility index (Phi) is 7.87. The van der Waals surface area contributed by atoms with Crippen molar-refractivity contribution < 1.29 is 0 Å². The number of nitrogens with zero attached hydrogens (tertiary/aromatic N) is 1. The van der Waals surface area contributed by atoms with Crippen LogP contribution in [0.25, 0.3) is 0 Å². The minimum Gasteiger partial charge on any atom is -0.328 e. The van der Waals surface area contributed by atoms with Crippen molar-refractivity contribution in [3.05, 3.63) is 0 Å². The summed E-state index contributed by atoms with van der Waals surface area (Å²) < 4.78 is 0. The average molecular weight is 240 g/mol. The maximum Gasteiger partial charge on any atom is 0.00964 e. The SMILES string of the molecule is CCCCCCN(CCC)C1CCC(N)CC1. The zero-order valence-electron chi connectivity index (χ0n) is 12.0. The quantitative estimate of drug-likeness (QED) is 0.657. The van der Waals surface area contributed by atoms with Gasteiger partial charge in [-0.25, -0.2) is 0 Å². The van der Waals surface area contributed by atoms with Gasteiger partial charge in [0.25, 0.3) is 0 Å². The molecule has 0 radical (unpaired) electrons. The Morgan fingerprint density at radius 2 is 1.59 bits per heavy atom. The molecule has 2 heteroatoms. The van der Waals surface area contributed by atoms with Gasteiger partial charge in [-0.1, -0.05) is 33.1 Å². The van der Waals surface area contributed by atoms with Gasteiger partial charge >= 0.3 is 0 Å². The van der Waals surface area contributed by atoms with Crippen LogP contribution >= 0.6 is 0 Å². The van der Waals surface area contributed by atoms with E-state index in [1.54, 1.807) is 0 Å². The fraction of sp³-hybridized carbons (Fsp3) is 1.00. The third kappa shape index (κ3) is 5.87. The molecule has 0 aromatic heterocycles. The van der Waals surface area contributed by atoms with Crippen molar-refractivity contribution in [1.29, 1.82) is 0 Å². The lowest BCUT2D eigenvalue weighted by Gasteiger charge is -2.36. The second-order valence-electron chi connectivity index (χ2n) is 5.67. The van der Waals surface area contributed by atoms with Gasteiger partial charge < -0.3 is 10.6 Å². The van der Waals surface area contributed by atoms with Crippen LogP contribution in [-0.4, -0.2) is 30.1 Å². The minimum absolute atomic E-state index is 0.481. The van der Waals surface area contributed by atoms with E-state index in [0.29, 0.717) is 6.04 Å². The monoisotopic (exact) mass is 240 g/mol. The summed E-state index contributed by atoms with van der Waals surface area (Å²) in [5.41, 5.74) is 5.99.